The van der Waals surface area contributed by atoms with E-state index in [4.69, 9.17) is 0 Å². The molecule has 1 saturated heterocycles. The average molecular weight is 324 g/mol. The molecule has 102 valence electrons. The van der Waals surface area contributed by atoms with Crippen LogP contribution < -0.4 is 0 Å². The van der Waals surface area contributed by atoms with Gasteiger partial charge in [0.25, 0.3) is 5.91 Å². The zero-order valence-corrected chi connectivity index (χ0v) is 12.9. The Balaban J connectivity index is 2.17. The third kappa shape index (κ3) is 3.24. The zero-order valence-electron chi connectivity index (χ0n) is 11.3. The van der Waals surface area contributed by atoms with Gasteiger partial charge in [0.1, 0.15) is 5.78 Å². The molecule has 0 spiro atoms. The molecule has 3 nitrogen and oxygen atoms in total. The second-order valence-electron chi connectivity index (χ2n) is 5.09. The van der Waals surface area contributed by atoms with Gasteiger partial charge in [0.15, 0.2) is 0 Å². The molecule has 4 heteroatoms. The van der Waals surface area contributed by atoms with E-state index in [1.807, 2.05) is 32.0 Å². The Morgan fingerprint density at radius 3 is 2.79 bits per heavy atom. The Kier molecular flexibility index (Phi) is 4.40. The number of piperidine rings is 1. The number of nitrogens with zero attached hydrogens (tertiary/aromatic N) is 1. The van der Waals surface area contributed by atoms with Crippen molar-refractivity contribution >= 4 is 27.6 Å². The number of halogens is 1. The summed E-state index contributed by atoms with van der Waals surface area (Å²) in [6.07, 6.45) is 1.29. The third-order valence-electron chi connectivity index (χ3n) is 3.59. The fraction of sp³-hybridized carbons (Fsp3) is 0.467. The molecule has 0 bridgehead atoms. The van der Waals surface area contributed by atoms with Gasteiger partial charge in [0.2, 0.25) is 0 Å². The maximum Gasteiger partial charge on any atom is 0.253 e. The number of benzene rings is 1. The maximum absolute atomic E-state index is 12.5. The predicted octanol–water partition coefficient (Wildman–Crippen LogP) is 3.20. The van der Waals surface area contributed by atoms with Crippen LogP contribution in [0.25, 0.3) is 0 Å². The molecule has 0 aliphatic carbocycles. The lowest BCUT2D eigenvalue weighted by Crippen LogP contribution is -2.43. The molecule has 1 unspecified atom stereocenters. The van der Waals surface area contributed by atoms with Crippen molar-refractivity contribution in [2.45, 2.75) is 26.7 Å². The molecule has 2 rings (SSSR count). The number of hydrogen-bond donors (Lipinski definition) is 0. The molecule has 0 saturated carbocycles. The number of Topliss-reactive ketones (excluding diaryl/α,β-unsaturated/α-hetero) is 1. The van der Waals surface area contributed by atoms with Gasteiger partial charge in [-0.15, -0.1) is 0 Å². The molecular formula is C15H18BrNO2. The van der Waals surface area contributed by atoms with Gasteiger partial charge in [-0.2, -0.15) is 0 Å². The molecule has 1 aromatic rings. The Morgan fingerprint density at radius 2 is 2.16 bits per heavy atom. The summed E-state index contributed by atoms with van der Waals surface area (Å²) in [6, 6.07) is 5.71. The van der Waals surface area contributed by atoms with E-state index < -0.39 is 0 Å². The van der Waals surface area contributed by atoms with Crippen molar-refractivity contribution in [1.29, 1.82) is 0 Å². The molecule has 0 aromatic heterocycles. The van der Waals surface area contributed by atoms with Crippen LogP contribution in [0.15, 0.2) is 22.7 Å². The standard InChI is InChI=1S/C15H18BrNO2/c1-3-11-9-17(5-4-14(11)18)15(19)12-6-10(2)7-13(16)8-12/h6-8,11H,3-5,9H2,1-2H3. The highest BCUT2D eigenvalue weighted by atomic mass is 79.9. The van der Waals surface area contributed by atoms with Crippen LogP contribution in [0.4, 0.5) is 0 Å². The van der Waals surface area contributed by atoms with Crippen molar-refractivity contribution in [3.8, 4) is 0 Å². The highest BCUT2D eigenvalue weighted by Gasteiger charge is 2.29. The van der Waals surface area contributed by atoms with Crippen molar-refractivity contribution in [2.24, 2.45) is 5.92 Å². The van der Waals surface area contributed by atoms with E-state index in [0.717, 1.165) is 16.5 Å². The SMILES string of the molecule is CCC1CN(C(=O)c2cc(C)cc(Br)c2)CCC1=O. The van der Waals surface area contributed by atoms with Gasteiger partial charge in [-0.3, -0.25) is 9.59 Å². The Bertz CT molecular complexity index is 493. The van der Waals surface area contributed by atoms with Gasteiger partial charge in [-0.25, -0.2) is 0 Å². The summed E-state index contributed by atoms with van der Waals surface area (Å²) in [5, 5.41) is 0. The minimum absolute atomic E-state index is 0.00551. The second kappa shape index (κ2) is 5.87. The van der Waals surface area contributed by atoms with Crippen LogP contribution in [0.5, 0.6) is 0 Å². The van der Waals surface area contributed by atoms with Crippen LogP contribution in [0, 0.1) is 12.8 Å². The van der Waals surface area contributed by atoms with E-state index in [1.165, 1.54) is 0 Å². The van der Waals surface area contributed by atoms with Crippen molar-refractivity contribution in [1.82, 2.24) is 4.90 Å². The molecule has 0 N–H and O–H groups in total. The molecule has 0 radical (unpaired) electrons. The molecule has 1 heterocycles. The Hall–Kier alpha value is -1.16. The van der Waals surface area contributed by atoms with E-state index in [9.17, 15) is 9.59 Å². The van der Waals surface area contributed by atoms with Gasteiger partial charge in [0.05, 0.1) is 0 Å². The third-order valence-corrected chi connectivity index (χ3v) is 4.05. The number of ketones is 1. The van der Waals surface area contributed by atoms with Crippen LogP contribution in [-0.2, 0) is 4.79 Å². The summed E-state index contributed by atoms with van der Waals surface area (Å²) in [7, 11) is 0. The summed E-state index contributed by atoms with van der Waals surface area (Å²) in [5.41, 5.74) is 1.74. The summed E-state index contributed by atoms with van der Waals surface area (Å²) in [6.45, 7) is 5.06. The van der Waals surface area contributed by atoms with E-state index in [1.54, 1.807) is 4.90 Å². The van der Waals surface area contributed by atoms with E-state index in [2.05, 4.69) is 15.9 Å². The van der Waals surface area contributed by atoms with Crippen LogP contribution in [0.2, 0.25) is 0 Å². The fourth-order valence-corrected chi connectivity index (χ4v) is 3.10. The molecular weight excluding hydrogens is 306 g/mol. The second-order valence-corrected chi connectivity index (χ2v) is 6.01. The molecule has 1 amide bonds. The quantitative estimate of drug-likeness (QED) is 0.838. The summed E-state index contributed by atoms with van der Waals surface area (Å²) in [4.78, 5) is 26.0. The number of likely N-dealkylation sites (tertiary alicyclic amines) is 1. The van der Waals surface area contributed by atoms with E-state index in [-0.39, 0.29) is 17.6 Å². The molecule has 1 aromatic carbocycles. The van der Waals surface area contributed by atoms with Gasteiger partial charge in [-0.1, -0.05) is 22.9 Å². The zero-order chi connectivity index (χ0) is 14.0. The van der Waals surface area contributed by atoms with Gasteiger partial charge in [-0.05, 0) is 37.1 Å². The number of hydrogen-bond acceptors (Lipinski definition) is 2. The highest BCUT2D eigenvalue weighted by Crippen LogP contribution is 2.21. The lowest BCUT2D eigenvalue weighted by Gasteiger charge is -2.31. The first-order valence-corrected chi connectivity index (χ1v) is 7.39. The largest absolute Gasteiger partial charge is 0.337 e. The Morgan fingerprint density at radius 1 is 1.42 bits per heavy atom. The lowest BCUT2D eigenvalue weighted by molar-refractivity contribution is -0.125. The smallest absolute Gasteiger partial charge is 0.253 e. The van der Waals surface area contributed by atoms with Crippen molar-refractivity contribution in [2.75, 3.05) is 13.1 Å². The monoisotopic (exact) mass is 323 g/mol. The minimum atomic E-state index is 0.00551. The molecule has 19 heavy (non-hydrogen) atoms. The number of rotatable bonds is 2. The van der Waals surface area contributed by atoms with E-state index >= 15 is 0 Å². The normalized spacial score (nSPS) is 19.6. The average Bonchev–Trinajstić information content (AvgIpc) is 2.37. The maximum atomic E-state index is 12.5. The van der Waals surface area contributed by atoms with Crippen molar-refractivity contribution in [3.63, 3.8) is 0 Å². The summed E-state index contributed by atoms with van der Waals surface area (Å²) < 4.78 is 0.913. The molecule has 1 fully saturated rings. The van der Waals surface area contributed by atoms with Crippen LogP contribution in [0.3, 0.4) is 0 Å². The van der Waals surface area contributed by atoms with Crippen LogP contribution >= 0.6 is 15.9 Å². The number of aryl methyl sites for hydroxylation is 1. The first-order chi connectivity index (χ1) is 9.01. The van der Waals surface area contributed by atoms with Crippen molar-refractivity contribution < 1.29 is 9.59 Å². The molecule has 1 atom stereocenters. The fourth-order valence-electron chi connectivity index (χ4n) is 2.49. The highest BCUT2D eigenvalue weighted by molar-refractivity contribution is 9.10. The number of carbonyl (C=O) groups excluding carboxylic acids is 2. The first kappa shape index (κ1) is 14.3. The van der Waals surface area contributed by atoms with Gasteiger partial charge in [0, 0.05) is 35.5 Å². The van der Waals surface area contributed by atoms with Gasteiger partial charge >= 0.3 is 0 Å². The van der Waals surface area contributed by atoms with Gasteiger partial charge < -0.3 is 4.90 Å². The predicted molar refractivity (Wildman–Crippen MR) is 78.2 cm³/mol. The molecule has 1 aliphatic heterocycles. The first-order valence-electron chi connectivity index (χ1n) is 6.60. The summed E-state index contributed by atoms with van der Waals surface area (Å²) >= 11 is 3.42. The van der Waals surface area contributed by atoms with E-state index in [0.29, 0.717) is 25.1 Å². The Labute approximate surface area is 122 Å². The van der Waals surface area contributed by atoms with Crippen molar-refractivity contribution in [3.05, 3.63) is 33.8 Å². The van der Waals surface area contributed by atoms with Crippen LogP contribution in [-0.4, -0.2) is 29.7 Å². The topological polar surface area (TPSA) is 37.4 Å². The number of amides is 1. The minimum Gasteiger partial charge on any atom is -0.337 e. The lowest BCUT2D eigenvalue weighted by atomic mass is 9.93. The number of carbonyl (C=O) groups is 2. The molecule has 1 aliphatic rings. The van der Waals surface area contributed by atoms with Crippen LogP contribution in [0.1, 0.15) is 35.7 Å². The summed E-state index contributed by atoms with van der Waals surface area (Å²) in [5.74, 6) is 0.318.